The van der Waals surface area contributed by atoms with Crippen LogP contribution in [0.3, 0.4) is 0 Å². The zero-order valence-electron chi connectivity index (χ0n) is 16.1. The molecule has 0 radical (unpaired) electrons. The van der Waals surface area contributed by atoms with Gasteiger partial charge in [0.2, 0.25) is 0 Å². The first kappa shape index (κ1) is 18.4. The van der Waals surface area contributed by atoms with Crippen LogP contribution in [-0.4, -0.2) is 49.0 Å². The van der Waals surface area contributed by atoms with Crippen LogP contribution in [0.4, 0.5) is 15.9 Å². The Bertz CT molecular complexity index is 1010. The van der Waals surface area contributed by atoms with Crippen molar-refractivity contribution in [3.05, 3.63) is 65.5 Å². The SMILES string of the molecule is Cc1cc(N2CCN(C)CC2)nc2ccc(NC(=O)c3ccc(F)cc3)cc12. The molecule has 1 N–H and O–H groups in total. The number of hydrogen-bond acceptors (Lipinski definition) is 4. The number of amides is 1. The molecule has 2 heterocycles. The minimum atomic E-state index is -0.361. The standard InChI is InChI=1S/C22H23FN4O/c1-15-13-21(27-11-9-26(2)10-12-27)25-20-8-7-18(14-19(15)20)24-22(28)16-3-5-17(23)6-4-16/h3-8,13-14H,9-12H2,1-2H3,(H,24,28). The first-order valence-electron chi connectivity index (χ1n) is 9.41. The van der Waals surface area contributed by atoms with E-state index in [-0.39, 0.29) is 11.7 Å². The molecule has 0 spiro atoms. The Balaban J connectivity index is 1.57. The number of rotatable bonds is 3. The smallest absolute Gasteiger partial charge is 0.255 e. The Morgan fingerprint density at radius 2 is 1.75 bits per heavy atom. The van der Waals surface area contributed by atoms with Gasteiger partial charge in [-0.15, -0.1) is 0 Å². The second kappa shape index (κ2) is 7.56. The molecule has 0 unspecified atom stereocenters. The average molecular weight is 378 g/mol. The van der Waals surface area contributed by atoms with Crippen LogP contribution in [0.5, 0.6) is 0 Å². The van der Waals surface area contributed by atoms with E-state index < -0.39 is 0 Å². The molecule has 144 valence electrons. The number of nitrogens with zero attached hydrogens (tertiary/aromatic N) is 3. The first-order chi connectivity index (χ1) is 13.5. The zero-order valence-corrected chi connectivity index (χ0v) is 16.1. The quantitative estimate of drug-likeness (QED) is 0.755. The van der Waals surface area contributed by atoms with Crippen molar-refractivity contribution in [3.8, 4) is 0 Å². The highest BCUT2D eigenvalue weighted by molar-refractivity contribution is 6.05. The van der Waals surface area contributed by atoms with Crippen LogP contribution in [0.15, 0.2) is 48.5 Å². The molecule has 1 fully saturated rings. The summed E-state index contributed by atoms with van der Waals surface area (Å²) in [7, 11) is 2.14. The molecule has 2 aromatic carbocycles. The van der Waals surface area contributed by atoms with Crippen LogP contribution < -0.4 is 10.2 Å². The third-order valence-corrected chi connectivity index (χ3v) is 5.19. The number of aryl methyl sites for hydroxylation is 1. The number of piperazine rings is 1. The van der Waals surface area contributed by atoms with Crippen LogP contribution in [0, 0.1) is 12.7 Å². The fraction of sp³-hybridized carbons (Fsp3) is 0.273. The topological polar surface area (TPSA) is 48.5 Å². The molecule has 3 aromatic rings. The number of carbonyl (C=O) groups excluding carboxylic acids is 1. The second-order valence-electron chi connectivity index (χ2n) is 7.28. The molecule has 1 amide bonds. The number of likely N-dealkylation sites (N-methyl/N-ethyl adjacent to an activating group) is 1. The maximum Gasteiger partial charge on any atom is 0.255 e. The van der Waals surface area contributed by atoms with Crippen molar-refractivity contribution in [2.45, 2.75) is 6.92 Å². The fourth-order valence-electron chi connectivity index (χ4n) is 3.46. The monoisotopic (exact) mass is 378 g/mol. The molecule has 6 heteroatoms. The molecule has 1 aliphatic heterocycles. The van der Waals surface area contributed by atoms with Gasteiger partial charge in [-0.05, 0) is 68.1 Å². The summed E-state index contributed by atoms with van der Waals surface area (Å²) in [6.45, 7) is 6.08. The Labute approximate surface area is 163 Å². The largest absolute Gasteiger partial charge is 0.354 e. The van der Waals surface area contributed by atoms with E-state index in [1.54, 1.807) is 0 Å². The van der Waals surface area contributed by atoms with E-state index in [9.17, 15) is 9.18 Å². The molecule has 0 atom stereocenters. The van der Waals surface area contributed by atoms with E-state index in [0.29, 0.717) is 11.3 Å². The van der Waals surface area contributed by atoms with Gasteiger partial charge in [0, 0.05) is 42.8 Å². The van der Waals surface area contributed by atoms with Gasteiger partial charge in [-0.1, -0.05) is 0 Å². The summed E-state index contributed by atoms with van der Waals surface area (Å²) >= 11 is 0. The number of anilines is 2. The van der Waals surface area contributed by atoms with Crippen molar-refractivity contribution >= 4 is 28.3 Å². The lowest BCUT2D eigenvalue weighted by Gasteiger charge is -2.33. The van der Waals surface area contributed by atoms with Crippen molar-refractivity contribution in [2.24, 2.45) is 0 Å². The summed E-state index contributed by atoms with van der Waals surface area (Å²) < 4.78 is 13.0. The van der Waals surface area contributed by atoms with Crippen LogP contribution in [0.25, 0.3) is 10.9 Å². The summed E-state index contributed by atoms with van der Waals surface area (Å²) in [5.41, 5.74) is 3.14. The summed E-state index contributed by atoms with van der Waals surface area (Å²) in [4.78, 5) is 21.8. The van der Waals surface area contributed by atoms with Crippen LogP contribution in [-0.2, 0) is 0 Å². The minimum Gasteiger partial charge on any atom is -0.354 e. The Morgan fingerprint density at radius 3 is 2.46 bits per heavy atom. The molecular weight excluding hydrogens is 355 g/mol. The molecule has 1 aliphatic rings. The van der Waals surface area contributed by atoms with E-state index in [0.717, 1.165) is 48.5 Å². The van der Waals surface area contributed by atoms with Gasteiger partial charge < -0.3 is 15.1 Å². The van der Waals surface area contributed by atoms with E-state index in [2.05, 4.69) is 35.2 Å². The predicted molar refractivity (Wildman–Crippen MR) is 111 cm³/mol. The van der Waals surface area contributed by atoms with Gasteiger partial charge in [0.25, 0.3) is 5.91 Å². The molecule has 1 aromatic heterocycles. The normalized spacial score (nSPS) is 15.0. The van der Waals surface area contributed by atoms with Crippen LogP contribution in [0.1, 0.15) is 15.9 Å². The maximum atomic E-state index is 13.0. The predicted octanol–water partition coefficient (Wildman–Crippen LogP) is 3.69. The molecule has 1 saturated heterocycles. The fourth-order valence-corrected chi connectivity index (χ4v) is 3.46. The number of nitrogens with one attached hydrogen (secondary N) is 1. The summed E-state index contributed by atoms with van der Waals surface area (Å²) in [6, 6.07) is 13.3. The van der Waals surface area contributed by atoms with Crippen LogP contribution >= 0.6 is 0 Å². The minimum absolute atomic E-state index is 0.265. The summed E-state index contributed by atoms with van der Waals surface area (Å²) in [5.74, 6) is 0.375. The summed E-state index contributed by atoms with van der Waals surface area (Å²) in [5, 5.41) is 3.88. The number of benzene rings is 2. The molecular formula is C22H23FN4O. The van der Waals surface area contributed by atoms with E-state index in [4.69, 9.17) is 4.98 Å². The number of aromatic nitrogens is 1. The maximum absolute atomic E-state index is 13.0. The molecule has 0 bridgehead atoms. The van der Waals surface area contributed by atoms with Crippen LogP contribution in [0.2, 0.25) is 0 Å². The third-order valence-electron chi connectivity index (χ3n) is 5.19. The van der Waals surface area contributed by atoms with Gasteiger partial charge in [-0.2, -0.15) is 0 Å². The van der Waals surface area contributed by atoms with Gasteiger partial charge in [0.15, 0.2) is 0 Å². The molecule has 4 rings (SSSR count). The Hall–Kier alpha value is -2.99. The molecule has 5 nitrogen and oxygen atoms in total. The molecule has 0 aliphatic carbocycles. The third kappa shape index (κ3) is 3.82. The number of pyridine rings is 1. The van der Waals surface area contributed by atoms with Crippen molar-refractivity contribution < 1.29 is 9.18 Å². The lowest BCUT2D eigenvalue weighted by atomic mass is 10.1. The Kier molecular flexibility index (Phi) is 4.96. The highest BCUT2D eigenvalue weighted by Gasteiger charge is 2.16. The second-order valence-corrected chi connectivity index (χ2v) is 7.28. The van der Waals surface area contributed by atoms with Gasteiger partial charge >= 0.3 is 0 Å². The average Bonchev–Trinajstić information content (AvgIpc) is 2.69. The highest BCUT2D eigenvalue weighted by atomic mass is 19.1. The van der Waals surface area contributed by atoms with Gasteiger partial charge in [-0.25, -0.2) is 9.37 Å². The zero-order chi connectivity index (χ0) is 19.7. The van der Waals surface area contributed by atoms with Crippen molar-refractivity contribution in [1.82, 2.24) is 9.88 Å². The van der Waals surface area contributed by atoms with Crippen molar-refractivity contribution in [3.63, 3.8) is 0 Å². The van der Waals surface area contributed by atoms with E-state index in [1.165, 1.54) is 24.3 Å². The Morgan fingerprint density at radius 1 is 1.04 bits per heavy atom. The van der Waals surface area contributed by atoms with E-state index in [1.807, 2.05) is 18.2 Å². The highest BCUT2D eigenvalue weighted by Crippen LogP contribution is 2.26. The van der Waals surface area contributed by atoms with Crippen molar-refractivity contribution in [1.29, 1.82) is 0 Å². The first-order valence-corrected chi connectivity index (χ1v) is 9.41. The van der Waals surface area contributed by atoms with Gasteiger partial charge in [0.05, 0.1) is 5.52 Å². The lowest BCUT2D eigenvalue weighted by Crippen LogP contribution is -2.44. The number of hydrogen-bond donors (Lipinski definition) is 1. The molecule has 0 saturated carbocycles. The van der Waals surface area contributed by atoms with E-state index >= 15 is 0 Å². The summed E-state index contributed by atoms with van der Waals surface area (Å²) in [6.07, 6.45) is 0. The number of carbonyl (C=O) groups is 1. The number of halogens is 1. The lowest BCUT2D eigenvalue weighted by molar-refractivity contribution is 0.102. The number of fused-ring (bicyclic) bond motifs is 1. The van der Waals surface area contributed by atoms with Gasteiger partial charge in [-0.3, -0.25) is 4.79 Å². The van der Waals surface area contributed by atoms with Crippen molar-refractivity contribution in [2.75, 3.05) is 43.4 Å². The van der Waals surface area contributed by atoms with Gasteiger partial charge in [0.1, 0.15) is 11.6 Å². The molecule has 28 heavy (non-hydrogen) atoms.